The van der Waals surface area contributed by atoms with Crippen LogP contribution < -0.4 is 15.9 Å². The number of para-hydroxylation sites is 2. The number of nitrogens with two attached hydrogens (primary N) is 1. The minimum atomic E-state index is -0.398. The average Bonchev–Trinajstić information content (AvgIpc) is 3.01. The molecule has 0 radical (unpaired) electrons. The number of nitrogens with one attached hydrogen (secondary N) is 2. The van der Waals surface area contributed by atoms with Gasteiger partial charge in [0, 0.05) is 12.7 Å². The highest BCUT2D eigenvalue weighted by atomic mass is 16.5. The van der Waals surface area contributed by atoms with Crippen LogP contribution in [0.2, 0.25) is 0 Å². The Morgan fingerprint density at radius 1 is 1.48 bits per heavy atom. The molecular formula is C15H17N7O. The topological polar surface area (TPSA) is 125 Å². The van der Waals surface area contributed by atoms with Gasteiger partial charge in [0.15, 0.2) is 5.84 Å². The maximum absolute atomic E-state index is 8.85. The normalized spacial score (nSPS) is 10.9. The minimum Gasteiger partial charge on any atom is -0.485 e. The third-order valence-electron chi connectivity index (χ3n) is 3.02. The molecule has 0 bridgehead atoms. The predicted octanol–water partition coefficient (Wildman–Crippen LogP) is 1.71. The Balaban J connectivity index is 2.12. The Bertz CT molecular complexity index is 757. The molecular weight excluding hydrogens is 294 g/mol. The van der Waals surface area contributed by atoms with E-state index in [0.29, 0.717) is 18.0 Å². The van der Waals surface area contributed by atoms with Crippen molar-refractivity contribution in [2.45, 2.75) is 20.1 Å². The van der Waals surface area contributed by atoms with Crippen molar-refractivity contribution in [1.82, 2.24) is 9.78 Å². The van der Waals surface area contributed by atoms with Crippen LogP contribution >= 0.6 is 0 Å². The molecule has 2 rings (SSSR count). The lowest BCUT2D eigenvalue weighted by Gasteiger charge is -2.11. The van der Waals surface area contributed by atoms with E-state index in [9.17, 15) is 0 Å². The number of nitrogens with zero attached hydrogens (tertiary/aromatic N) is 4. The zero-order valence-electron chi connectivity index (χ0n) is 12.7. The molecule has 0 saturated heterocycles. The first-order chi connectivity index (χ1) is 11.2. The first-order valence-electron chi connectivity index (χ1n) is 6.96. The van der Waals surface area contributed by atoms with Gasteiger partial charge >= 0.3 is 0 Å². The van der Waals surface area contributed by atoms with Gasteiger partial charge in [-0.15, -0.1) is 0 Å². The number of aromatic nitrogens is 2. The van der Waals surface area contributed by atoms with E-state index in [2.05, 4.69) is 15.6 Å². The van der Waals surface area contributed by atoms with E-state index < -0.39 is 5.84 Å². The quantitative estimate of drug-likeness (QED) is 0.408. The highest BCUT2D eigenvalue weighted by molar-refractivity contribution is 6.45. The second-order valence-electron chi connectivity index (χ2n) is 4.52. The van der Waals surface area contributed by atoms with Crippen LogP contribution in [0.4, 0.5) is 5.69 Å². The fraction of sp³-hybridized carbons (Fsp3) is 0.200. The molecule has 0 spiro atoms. The molecule has 1 aromatic heterocycles. The number of hydrogen-bond acceptors (Lipinski definition) is 6. The summed E-state index contributed by atoms with van der Waals surface area (Å²) in [6, 6.07) is 10.8. The fourth-order valence-electron chi connectivity index (χ4n) is 1.87. The summed E-state index contributed by atoms with van der Waals surface area (Å²) in [4.78, 5) is 0. The monoisotopic (exact) mass is 311 g/mol. The summed E-state index contributed by atoms with van der Waals surface area (Å²) >= 11 is 0. The van der Waals surface area contributed by atoms with Crippen LogP contribution in [0.1, 0.15) is 12.6 Å². The van der Waals surface area contributed by atoms with Crippen LogP contribution in [0.5, 0.6) is 5.75 Å². The van der Waals surface area contributed by atoms with Gasteiger partial charge in [0.25, 0.3) is 0 Å². The lowest BCUT2D eigenvalue weighted by Crippen LogP contribution is -2.21. The van der Waals surface area contributed by atoms with Crippen LogP contribution in [-0.4, -0.2) is 21.3 Å². The molecule has 0 fully saturated rings. The van der Waals surface area contributed by atoms with Gasteiger partial charge in [-0.05, 0) is 25.1 Å². The molecule has 0 atom stereocenters. The van der Waals surface area contributed by atoms with E-state index in [1.807, 2.05) is 23.7 Å². The molecule has 4 N–H and O–H groups in total. The first-order valence-corrected chi connectivity index (χ1v) is 6.96. The zero-order valence-corrected chi connectivity index (χ0v) is 12.7. The van der Waals surface area contributed by atoms with Crippen LogP contribution in [0.15, 0.2) is 41.6 Å². The van der Waals surface area contributed by atoms with Gasteiger partial charge in [-0.25, -0.2) is 0 Å². The summed E-state index contributed by atoms with van der Waals surface area (Å²) in [5.74, 6) is 0.172. The van der Waals surface area contributed by atoms with Gasteiger partial charge < -0.3 is 10.5 Å². The SMILES string of the molecule is CCn1nccc1COc1ccccc1N/N=C(\C#N)C(=N)N. The minimum absolute atomic E-state index is 0.191. The number of rotatable bonds is 7. The molecule has 8 nitrogen and oxygen atoms in total. The van der Waals surface area contributed by atoms with Crippen molar-refractivity contribution >= 4 is 17.2 Å². The largest absolute Gasteiger partial charge is 0.485 e. The van der Waals surface area contributed by atoms with Crippen molar-refractivity contribution in [3.8, 4) is 11.8 Å². The lowest BCUT2D eigenvalue weighted by atomic mass is 10.3. The zero-order chi connectivity index (χ0) is 16.7. The molecule has 1 heterocycles. The Labute approximate surface area is 133 Å². The molecule has 8 heteroatoms. The summed E-state index contributed by atoms with van der Waals surface area (Å²) in [5, 5.41) is 24.1. The summed E-state index contributed by atoms with van der Waals surface area (Å²) in [7, 11) is 0. The summed E-state index contributed by atoms with van der Waals surface area (Å²) in [6.45, 7) is 3.12. The molecule has 0 saturated carbocycles. The number of hydrazone groups is 1. The fourth-order valence-corrected chi connectivity index (χ4v) is 1.87. The Morgan fingerprint density at radius 2 is 2.26 bits per heavy atom. The number of benzene rings is 1. The predicted molar refractivity (Wildman–Crippen MR) is 87.3 cm³/mol. The van der Waals surface area contributed by atoms with Crippen molar-refractivity contribution in [2.75, 3.05) is 5.43 Å². The highest BCUT2D eigenvalue weighted by Gasteiger charge is 2.07. The van der Waals surface area contributed by atoms with E-state index in [0.717, 1.165) is 12.2 Å². The van der Waals surface area contributed by atoms with E-state index >= 15 is 0 Å². The molecule has 0 unspecified atom stereocenters. The summed E-state index contributed by atoms with van der Waals surface area (Å²) in [5.41, 5.74) is 9.29. The standard InChI is InChI=1S/C15H17N7O/c1-2-22-11(7-8-19-22)10-23-14-6-4-3-5-12(14)20-21-13(9-16)15(17)18/h3-8,20H,2,10H2,1H3,(H3,17,18)/b21-13+. The van der Waals surface area contributed by atoms with Crippen molar-refractivity contribution in [1.29, 1.82) is 10.7 Å². The van der Waals surface area contributed by atoms with Gasteiger partial charge in [0.1, 0.15) is 18.4 Å². The van der Waals surface area contributed by atoms with Crippen molar-refractivity contribution in [2.24, 2.45) is 10.8 Å². The van der Waals surface area contributed by atoms with Gasteiger partial charge in [0.2, 0.25) is 5.71 Å². The van der Waals surface area contributed by atoms with E-state index in [4.69, 9.17) is 21.1 Å². The Morgan fingerprint density at radius 3 is 2.96 bits per heavy atom. The highest BCUT2D eigenvalue weighted by Crippen LogP contribution is 2.24. The molecule has 0 amide bonds. The number of aryl methyl sites for hydroxylation is 1. The van der Waals surface area contributed by atoms with Crippen LogP contribution in [0.25, 0.3) is 0 Å². The number of anilines is 1. The third-order valence-corrected chi connectivity index (χ3v) is 3.02. The third kappa shape index (κ3) is 4.07. The molecule has 0 aliphatic heterocycles. The smallest absolute Gasteiger partial charge is 0.201 e. The first kappa shape index (κ1) is 16.0. The van der Waals surface area contributed by atoms with Gasteiger partial charge in [-0.1, -0.05) is 12.1 Å². The number of ether oxygens (including phenoxy) is 1. The van der Waals surface area contributed by atoms with Gasteiger partial charge in [0.05, 0.1) is 11.4 Å². The second-order valence-corrected chi connectivity index (χ2v) is 4.52. The second kappa shape index (κ2) is 7.61. The van der Waals surface area contributed by atoms with Crippen molar-refractivity contribution < 1.29 is 4.74 Å². The van der Waals surface area contributed by atoms with E-state index in [-0.39, 0.29) is 5.71 Å². The molecule has 1 aromatic carbocycles. The molecule has 0 aliphatic carbocycles. The average molecular weight is 311 g/mol. The summed E-state index contributed by atoms with van der Waals surface area (Å²) < 4.78 is 7.63. The number of nitriles is 1. The Kier molecular flexibility index (Phi) is 5.30. The number of hydrogen-bond donors (Lipinski definition) is 3. The molecule has 118 valence electrons. The summed E-state index contributed by atoms with van der Waals surface area (Å²) in [6.07, 6.45) is 1.72. The maximum atomic E-state index is 8.85. The Hall–Kier alpha value is -3.34. The van der Waals surface area contributed by atoms with E-state index in [1.165, 1.54) is 0 Å². The molecule has 23 heavy (non-hydrogen) atoms. The lowest BCUT2D eigenvalue weighted by molar-refractivity contribution is 0.294. The van der Waals surface area contributed by atoms with E-state index in [1.54, 1.807) is 30.5 Å². The van der Waals surface area contributed by atoms with Crippen LogP contribution in [-0.2, 0) is 13.2 Å². The van der Waals surface area contributed by atoms with Crippen LogP contribution in [0, 0.1) is 16.7 Å². The van der Waals surface area contributed by atoms with Crippen LogP contribution in [0.3, 0.4) is 0 Å². The molecule has 0 aliphatic rings. The van der Waals surface area contributed by atoms with Gasteiger partial charge in [-0.2, -0.15) is 15.5 Å². The molecule has 2 aromatic rings. The van der Waals surface area contributed by atoms with Crippen molar-refractivity contribution in [3.05, 3.63) is 42.2 Å². The number of amidine groups is 1. The van der Waals surface area contributed by atoms with Crippen molar-refractivity contribution in [3.63, 3.8) is 0 Å². The maximum Gasteiger partial charge on any atom is 0.201 e. The van der Waals surface area contributed by atoms with Gasteiger partial charge in [-0.3, -0.25) is 15.5 Å².